The standard InChI is InChI=1S/C12H14N4O2S2/c1-16-7-6-9(15-16)8-14-20(17,18)11-5-3-2-4-10(11)12(13)19/h2-7,14H,8H2,1H3,(H2,13,19). The van der Waals surface area contributed by atoms with Gasteiger partial charge in [0.25, 0.3) is 0 Å². The summed E-state index contributed by atoms with van der Waals surface area (Å²) < 4.78 is 28.6. The summed E-state index contributed by atoms with van der Waals surface area (Å²) in [5.41, 5.74) is 6.50. The van der Waals surface area contributed by atoms with Gasteiger partial charge < -0.3 is 5.73 Å². The maximum absolute atomic E-state index is 12.3. The monoisotopic (exact) mass is 310 g/mol. The Bertz CT molecular complexity index is 737. The first-order valence-corrected chi connectivity index (χ1v) is 7.66. The maximum Gasteiger partial charge on any atom is 0.241 e. The fourth-order valence-corrected chi connectivity index (χ4v) is 3.17. The fourth-order valence-electron chi connectivity index (χ4n) is 1.71. The molecule has 0 bridgehead atoms. The van der Waals surface area contributed by atoms with Crippen LogP contribution in [0.25, 0.3) is 0 Å². The van der Waals surface area contributed by atoms with E-state index in [-0.39, 0.29) is 16.4 Å². The van der Waals surface area contributed by atoms with E-state index in [9.17, 15) is 8.42 Å². The van der Waals surface area contributed by atoms with E-state index in [2.05, 4.69) is 9.82 Å². The molecule has 106 valence electrons. The minimum atomic E-state index is -3.69. The summed E-state index contributed by atoms with van der Waals surface area (Å²) in [6.07, 6.45) is 1.74. The van der Waals surface area contributed by atoms with Crippen molar-refractivity contribution >= 4 is 27.2 Å². The van der Waals surface area contributed by atoms with E-state index >= 15 is 0 Å². The van der Waals surface area contributed by atoms with Gasteiger partial charge in [-0.25, -0.2) is 13.1 Å². The quantitative estimate of drug-likeness (QED) is 0.786. The molecule has 8 heteroatoms. The Labute approximate surface area is 122 Å². The van der Waals surface area contributed by atoms with E-state index in [4.69, 9.17) is 18.0 Å². The summed E-state index contributed by atoms with van der Waals surface area (Å²) in [5.74, 6) is 0. The topological polar surface area (TPSA) is 90.0 Å². The molecule has 0 aliphatic rings. The van der Waals surface area contributed by atoms with Crippen molar-refractivity contribution in [3.8, 4) is 0 Å². The normalized spacial score (nSPS) is 11.4. The van der Waals surface area contributed by atoms with Gasteiger partial charge in [0.15, 0.2) is 0 Å². The smallest absolute Gasteiger partial charge is 0.241 e. The van der Waals surface area contributed by atoms with E-state index in [1.54, 1.807) is 42.2 Å². The van der Waals surface area contributed by atoms with Crippen LogP contribution in [0.2, 0.25) is 0 Å². The first-order valence-electron chi connectivity index (χ1n) is 5.77. The van der Waals surface area contributed by atoms with Gasteiger partial charge in [-0.1, -0.05) is 30.4 Å². The van der Waals surface area contributed by atoms with Gasteiger partial charge in [-0.2, -0.15) is 5.10 Å². The molecule has 0 amide bonds. The van der Waals surface area contributed by atoms with Crippen LogP contribution in [-0.4, -0.2) is 23.2 Å². The first kappa shape index (κ1) is 14.6. The predicted octanol–water partition coefficient (Wildman–Crippen LogP) is 0.533. The van der Waals surface area contributed by atoms with Crippen LogP contribution in [0.4, 0.5) is 0 Å². The number of rotatable bonds is 5. The second-order valence-corrected chi connectivity index (χ2v) is 6.34. The Kier molecular flexibility index (Phi) is 4.17. The van der Waals surface area contributed by atoms with Gasteiger partial charge in [0, 0.05) is 18.8 Å². The average molecular weight is 310 g/mol. The minimum absolute atomic E-state index is 0.0452. The van der Waals surface area contributed by atoms with Crippen molar-refractivity contribution in [1.29, 1.82) is 0 Å². The molecule has 0 saturated heterocycles. The molecule has 2 rings (SSSR count). The highest BCUT2D eigenvalue weighted by molar-refractivity contribution is 7.89. The highest BCUT2D eigenvalue weighted by Crippen LogP contribution is 2.15. The first-order chi connectivity index (χ1) is 9.40. The van der Waals surface area contributed by atoms with Crippen molar-refractivity contribution < 1.29 is 8.42 Å². The van der Waals surface area contributed by atoms with Crippen molar-refractivity contribution in [2.45, 2.75) is 11.4 Å². The largest absolute Gasteiger partial charge is 0.389 e. The van der Waals surface area contributed by atoms with Crippen LogP contribution in [-0.2, 0) is 23.6 Å². The number of sulfonamides is 1. The number of hydrogen-bond acceptors (Lipinski definition) is 4. The van der Waals surface area contributed by atoms with Gasteiger partial charge in [-0.15, -0.1) is 0 Å². The summed E-state index contributed by atoms with van der Waals surface area (Å²) >= 11 is 4.87. The third kappa shape index (κ3) is 3.21. The summed E-state index contributed by atoms with van der Waals surface area (Å²) in [7, 11) is -1.93. The third-order valence-electron chi connectivity index (χ3n) is 2.65. The lowest BCUT2D eigenvalue weighted by molar-refractivity contribution is 0.579. The van der Waals surface area contributed by atoms with E-state index in [1.165, 1.54) is 6.07 Å². The van der Waals surface area contributed by atoms with Crippen LogP contribution in [0.5, 0.6) is 0 Å². The van der Waals surface area contributed by atoms with Gasteiger partial charge in [0.1, 0.15) is 4.99 Å². The molecule has 0 radical (unpaired) electrons. The highest BCUT2D eigenvalue weighted by atomic mass is 32.2. The molecule has 0 atom stereocenters. The van der Waals surface area contributed by atoms with E-state index < -0.39 is 10.0 Å². The van der Waals surface area contributed by atoms with Crippen LogP contribution in [0.1, 0.15) is 11.3 Å². The zero-order valence-corrected chi connectivity index (χ0v) is 12.4. The lowest BCUT2D eigenvalue weighted by Crippen LogP contribution is -2.26. The molecule has 0 fully saturated rings. The van der Waals surface area contributed by atoms with Crippen molar-refractivity contribution in [1.82, 2.24) is 14.5 Å². The summed E-state index contributed by atoms with van der Waals surface area (Å²) in [4.78, 5) is 0.118. The number of benzene rings is 1. The zero-order valence-electron chi connectivity index (χ0n) is 10.8. The third-order valence-corrected chi connectivity index (χ3v) is 4.33. The van der Waals surface area contributed by atoms with Gasteiger partial charge in [0.2, 0.25) is 10.0 Å². The van der Waals surface area contributed by atoms with Crippen LogP contribution >= 0.6 is 12.2 Å². The Morgan fingerprint density at radius 3 is 2.70 bits per heavy atom. The summed E-state index contributed by atoms with van der Waals surface area (Å²) in [5, 5.41) is 4.10. The summed E-state index contributed by atoms with van der Waals surface area (Å²) in [6, 6.07) is 8.10. The maximum atomic E-state index is 12.3. The van der Waals surface area contributed by atoms with Gasteiger partial charge in [-0.05, 0) is 12.1 Å². The van der Waals surface area contributed by atoms with Gasteiger partial charge in [0.05, 0.1) is 17.1 Å². The molecule has 0 saturated carbocycles. The Hall–Kier alpha value is -1.77. The van der Waals surface area contributed by atoms with E-state index in [1.807, 2.05) is 0 Å². The number of nitrogens with two attached hydrogens (primary N) is 1. The van der Waals surface area contributed by atoms with E-state index in [0.717, 1.165) is 0 Å². The number of aromatic nitrogens is 2. The van der Waals surface area contributed by atoms with Crippen LogP contribution < -0.4 is 10.5 Å². The number of nitrogens with one attached hydrogen (secondary N) is 1. The molecule has 0 unspecified atom stereocenters. The molecule has 0 spiro atoms. The van der Waals surface area contributed by atoms with Crippen LogP contribution in [0.15, 0.2) is 41.4 Å². The number of nitrogens with zero attached hydrogens (tertiary/aromatic N) is 2. The SMILES string of the molecule is Cn1ccc(CNS(=O)(=O)c2ccccc2C(N)=S)n1. The zero-order chi connectivity index (χ0) is 14.8. The second-order valence-electron chi connectivity index (χ2n) is 4.17. The van der Waals surface area contributed by atoms with Crippen molar-refractivity contribution in [2.75, 3.05) is 0 Å². The molecule has 0 aliphatic carbocycles. The molecule has 1 aromatic carbocycles. The number of hydrogen-bond donors (Lipinski definition) is 2. The van der Waals surface area contributed by atoms with Crippen LogP contribution in [0.3, 0.4) is 0 Å². The Morgan fingerprint density at radius 2 is 2.10 bits per heavy atom. The second kappa shape index (κ2) is 5.70. The molecular weight excluding hydrogens is 296 g/mol. The molecule has 2 aromatic rings. The molecule has 6 nitrogen and oxygen atoms in total. The summed E-state index contributed by atoms with van der Waals surface area (Å²) in [6.45, 7) is 0.106. The van der Waals surface area contributed by atoms with Crippen molar-refractivity contribution in [3.63, 3.8) is 0 Å². The molecule has 20 heavy (non-hydrogen) atoms. The van der Waals surface area contributed by atoms with Crippen LogP contribution in [0, 0.1) is 0 Å². The van der Waals surface area contributed by atoms with Gasteiger partial charge >= 0.3 is 0 Å². The van der Waals surface area contributed by atoms with Gasteiger partial charge in [-0.3, -0.25) is 4.68 Å². The highest BCUT2D eigenvalue weighted by Gasteiger charge is 2.19. The molecule has 0 aliphatic heterocycles. The Balaban J connectivity index is 2.25. The molecule has 1 aromatic heterocycles. The van der Waals surface area contributed by atoms with Crippen molar-refractivity contribution in [3.05, 3.63) is 47.8 Å². The molecule has 1 heterocycles. The minimum Gasteiger partial charge on any atom is -0.389 e. The molecule has 3 N–H and O–H groups in total. The Morgan fingerprint density at radius 1 is 1.40 bits per heavy atom. The molecular formula is C12H14N4O2S2. The predicted molar refractivity (Wildman–Crippen MR) is 79.6 cm³/mol. The average Bonchev–Trinajstić information content (AvgIpc) is 2.82. The van der Waals surface area contributed by atoms with E-state index in [0.29, 0.717) is 11.3 Å². The van der Waals surface area contributed by atoms with Crippen molar-refractivity contribution in [2.24, 2.45) is 12.8 Å². The number of thiocarbonyl (C=S) groups is 1. The lowest BCUT2D eigenvalue weighted by Gasteiger charge is -2.09. The number of aryl methyl sites for hydroxylation is 1. The lowest BCUT2D eigenvalue weighted by atomic mass is 10.2. The fraction of sp³-hybridized carbons (Fsp3) is 0.167.